The Hall–Kier alpha value is -1.14. The molecule has 2 saturated heterocycles. The van der Waals surface area contributed by atoms with Gasteiger partial charge in [0.15, 0.2) is 5.13 Å². The number of hydrogen-bond acceptors (Lipinski definition) is 5. The number of anilines is 1. The zero-order valence-electron chi connectivity index (χ0n) is 9.55. The van der Waals surface area contributed by atoms with Crippen LogP contribution < -0.4 is 4.90 Å². The Morgan fingerprint density at radius 2 is 2.12 bits per heavy atom. The number of thiazole rings is 1. The van der Waals surface area contributed by atoms with E-state index in [0.717, 1.165) is 31.1 Å². The molecule has 2 atom stereocenters. The van der Waals surface area contributed by atoms with Crippen molar-refractivity contribution in [3.8, 4) is 0 Å². The van der Waals surface area contributed by atoms with Crippen LogP contribution in [0.2, 0.25) is 0 Å². The molecule has 3 heterocycles. The van der Waals surface area contributed by atoms with Crippen LogP contribution in [-0.2, 0) is 4.74 Å². The average Bonchev–Trinajstić information content (AvgIpc) is 2.82. The highest BCUT2D eigenvalue weighted by molar-refractivity contribution is 7.17. The van der Waals surface area contributed by atoms with Crippen molar-refractivity contribution in [1.82, 2.24) is 4.98 Å². The number of carboxylic acid groups (broad SMARTS) is 1. The number of ether oxygens (including phenoxy) is 1. The van der Waals surface area contributed by atoms with Crippen LogP contribution in [0.4, 0.5) is 5.13 Å². The first-order chi connectivity index (χ1) is 8.13. The lowest BCUT2D eigenvalue weighted by atomic mass is 10.2. The minimum atomic E-state index is -0.887. The largest absolute Gasteiger partial charge is 0.477 e. The molecular weight excluding hydrogens is 240 g/mol. The number of nitrogens with zero attached hydrogens (tertiary/aromatic N) is 2. The summed E-state index contributed by atoms with van der Waals surface area (Å²) in [7, 11) is 0. The fraction of sp³-hybridized carbons (Fsp3) is 0.636. The zero-order chi connectivity index (χ0) is 12.0. The molecule has 0 spiro atoms. The van der Waals surface area contributed by atoms with Gasteiger partial charge in [-0.05, 0) is 19.8 Å². The lowest BCUT2D eigenvalue weighted by molar-refractivity contribution is 0.0305. The molecule has 1 aromatic heterocycles. The van der Waals surface area contributed by atoms with Gasteiger partial charge in [-0.1, -0.05) is 11.3 Å². The third-order valence-electron chi connectivity index (χ3n) is 3.29. The number of carbonyl (C=O) groups is 1. The molecule has 2 bridgehead atoms. The van der Waals surface area contributed by atoms with Crippen molar-refractivity contribution in [3.05, 3.63) is 10.6 Å². The third kappa shape index (κ3) is 1.91. The van der Waals surface area contributed by atoms with Gasteiger partial charge >= 0.3 is 5.97 Å². The fourth-order valence-electron chi connectivity index (χ4n) is 2.49. The van der Waals surface area contributed by atoms with Gasteiger partial charge in [0, 0.05) is 13.1 Å². The van der Waals surface area contributed by atoms with Crippen LogP contribution in [-0.4, -0.2) is 41.4 Å². The molecule has 0 aromatic carbocycles. The van der Waals surface area contributed by atoms with Crippen LogP contribution >= 0.6 is 11.3 Å². The average molecular weight is 254 g/mol. The van der Waals surface area contributed by atoms with Gasteiger partial charge in [0.2, 0.25) is 0 Å². The maximum Gasteiger partial charge on any atom is 0.347 e. The lowest BCUT2D eigenvalue weighted by Crippen LogP contribution is -2.42. The van der Waals surface area contributed by atoms with E-state index >= 15 is 0 Å². The Morgan fingerprint density at radius 1 is 1.47 bits per heavy atom. The van der Waals surface area contributed by atoms with E-state index in [1.54, 1.807) is 6.92 Å². The number of fused-ring (bicyclic) bond motifs is 2. The van der Waals surface area contributed by atoms with Gasteiger partial charge in [0.05, 0.1) is 17.9 Å². The van der Waals surface area contributed by atoms with E-state index in [0.29, 0.717) is 22.8 Å². The van der Waals surface area contributed by atoms with Crippen LogP contribution in [0.5, 0.6) is 0 Å². The highest BCUT2D eigenvalue weighted by Gasteiger charge is 2.35. The molecule has 1 N–H and O–H groups in total. The van der Waals surface area contributed by atoms with Gasteiger partial charge in [-0.3, -0.25) is 0 Å². The predicted octanol–water partition coefficient (Wildman–Crippen LogP) is 1.52. The summed E-state index contributed by atoms with van der Waals surface area (Å²) >= 11 is 1.27. The van der Waals surface area contributed by atoms with Crippen molar-refractivity contribution in [2.45, 2.75) is 32.0 Å². The molecule has 2 aliphatic rings. The molecule has 2 aliphatic heterocycles. The summed E-state index contributed by atoms with van der Waals surface area (Å²) in [6.45, 7) is 3.42. The number of aromatic carboxylic acids is 1. The third-order valence-corrected chi connectivity index (χ3v) is 4.50. The van der Waals surface area contributed by atoms with Gasteiger partial charge in [-0.15, -0.1) is 0 Å². The van der Waals surface area contributed by atoms with Crippen molar-refractivity contribution in [3.63, 3.8) is 0 Å². The Balaban J connectivity index is 1.84. The van der Waals surface area contributed by atoms with Crippen molar-refractivity contribution >= 4 is 22.4 Å². The maximum absolute atomic E-state index is 11.0. The van der Waals surface area contributed by atoms with Crippen LogP contribution in [0.1, 0.15) is 28.2 Å². The normalized spacial score (nSPS) is 27.5. The molecule has 5 nitrogen and oxygen atoms in total. The summed E-state index contributed by atoms with van der Waals surface area (Å²) in [5.41, 5.74) is 0.608. The fourth-order valence-corrected chi connectivity index (χ4v) is 3.41. The Labute approximate surface area is 103 Å². The van der Waals surface area contributed by atoms with Gasteiger partial charge in [-0.2, -0.15) is 0 Å². The molecule has 0 saturated carbocycles. The van der Waals surface area contributed by atoms with E-state index in [1.807, 2.05) is 0 Å². The smallest absolute Gasteiger partial charge is 0.347 e. The van der Waals surface area contributed by atoms with E-state index in [1.165, 1.54) is 11.3 Å². The highest BCUT2D eigenvalue weighted by atomic mass is 32.1. The minimum absolute atomic E-state index is 0.297. The van der Waals surface area contributed by atoms with Gasteiger partial charge in [0.25, 0.3) is 0 Å². The standard InChI is InChI=1S/C11H14N2O3S/c1-6-9(10(14)15)17-11(12-6)13-4-7-2-3-8(5-13)16-7/h7-8H,2-5H2,1H3,(H,14,15). The highest BCUT2D eigenvalue weighted by Crippen LogP contribution is 2.32. The van der Waals surface area contributed by atoms with E-state index in [2.05, 4.69) is 9.88 Å². The molecule has 0 aliphatic carbocycles. The first-order valence-electron chi connectivity index (χ1n) is 5.74. The van der Waals surface area contributed by atoms with E-state index < -0.39 is 5.97 Å². The molecule has 92 valence electrons. The zero-order valence-corrected chi connectivity index (χ0v) is 10.4. The van der Waals surface area contributed by atoms with E-state index in [9.17, 15) is 4.79 Å². The molecule has 2 unspecified atom stereocenters. The summed E-state index contributed by atoms with van der Waals surface area (Å²) < 4.78 is 5.75. The molecular formula is C11H14N2O3S. The number of rotatable bonds is 2. The lowest BCUT2D eigenvalue weighted by Gasteiger charge is -2.31. The second kappa shape index (κ2) is 3.96. The quantitative estimate of drug-likeness (QED) is 0.867. The van der Waals surface area contributed by atoms with Crippen molar-refractivity contribution in [2.75, 3.05) is 18.0 Å². The van der Waals surface area contributed by atoms with Crippen molar-refractivity contribution in [2.24, 2.45) is 0 Å². The molecule has 1 aromatic rings. The maximum atomic E-state index is 11.0. The molecule has 3 rings (SSSR count). The Bertz CT molecular complexity index is 448. The summed E-state index contributed by atoms with van der Waals surface area (Å²) in [6, 6.07) is 0. The minimum Gasteiger partial charge on any atom is -0.477 e. The second-order valence-corrected chi connectivity index (χ2v) is 5.56. The molecule has 2 fully saturated rings. The topological polar surface area (TPSA) is 62.7 Å². The van der Waals surface area contributed by atoms with Gasteiger partial charge in [-0.25, -0.2) is 9.78 Å². The van der Waals surface area contributed by atoms with Crippen LogP contribution in [0.3, 0.4) is 0 Å². The van der Waals surface area contributed by atoms with Crippen LogP contribution in [0, 0.1) is 6.92 Å². The summed E-state index contributed by atoms with van der Waals surface area (Å²) in [5, 5.41) is 9.84. The predicted molar refractivity (Wildman–Crippen MR) is 63.9 cm³/mol. The van der Waals surface area contributed by atoms with Crippen molar-refractivity contribution in [1.29, 1.82) is 0 Å². The summed E-state index contributed by atoms with van der Waals surface area (Å²) in [4.78, 5) is 17.9. The first-order valence-corrected chi connectivity index (χ1v) is 6.56. The Kier molecular flexibility index (Phi) is 2.56. The number of carboxylic acids is 1. The van der Waals surface area contributed by atoms with Crippen LogP contribution in [0.15, 0.2) is 0 Å². The number of aryl methyl sites for hydroxylation is 1. The van der Waals surface area contributed by atoms with Crippen LogP contribution in [0.25, 0.3) is 0 Å². The number of aromatic nitrogens is 1. The van der Waals surface area contributed by atoms with E-state index in [-0.39, 0.29) is 0 Å². The SMILES string of the molecule is Cc1nc(N2CC3CCC(C2)O3)sc1C(=O)O. The van der Waals surface area contributed by atoms with Gasteiger partial charge in [0.1, 0.15) is 4.88 Å². The summed E-state index contributed by atoms with van der Waals surface area (Å²) in [5.74, 6) is -0.887. The second-order valence-electron chi connectivity index (χ2n) is 4.58. The molecule has 6 heteroatoms. The number of morpholine rings is 1. The molecule has 17 heavy (non-hydrogen) atoms. The molecule has 0 radical (unpaired) electrons. The first kappa shape index (κ1) is 11.0. The van der Waals surface area contributed by atoms with Crippen molar-refractivity contribution < 1.29 is 14.6 Å². The molecule has 0 amide bonds. The summed E-state index contributed by atoms with van der Waals surface area (Å²) in [6.07, 6.45) is 2.81. The monoisotopic (exact) mass is 254 g/mol. The van der Waals surface area contributed by atoms with Gasteiger partial charge < -0.3 is 14.7 Å². The Morgan fingerprint density at radius 3 is 2.65 bits per heavy atom. The van der Waals surface area contributed by atoms with E-state index in [4.69, 9.17) is 9.84 Å². The number of hydrogen-bond donors (Lipinski definition) is 1.